The van der Waals surface area contributed by atoms with E-state index in [1.807, 2.05) is 0 Å². The Kier molecular flexibility index (Phi) is 32.0. The molecule has 36 heteroatoms. The Bertz CT molecular complexity index is 2810. The fraction of sp³-hybridized carbons (Fsp3) is 0.558. The number of carbonyl (C=O) groups is 10. The van der Waals surface area contributed by atoms with Crippen LogP contribution in [0.3, 0.4) is 0 Å². The highest BCUT2D eigenvalue weighted by Gasteiger charge is 2.35. The summed E-state index contributed by atoms with van der Waals surface area (Å²) in [4.78, 5) is 164. The molecule has 10 atom stereocenters. The quantitative estimate of drug-likeness (QED) is 0.00627. The SMILES string of the molecule is CC(C)C[C@H](NC(=O)[C@H](Cc1cnc[nH]1)NC(=O)[C@H](CO)NC(=O)[C@H](CO)NC(=O)[C@H](Cc1cnc[nH]1)NC(=O)[C@H](C)NC(=O)[C@H](CCCN=C(N)N)NC(=O)[C@H](CO)NC(=O)CNC(CS)c1ccccc1[N+](=O)[O-])C(=O)N[C@@H](CCCCN)C(N)=O. The van der Waals surface area contributed by atoms with Gasteiger partial charge in [0, 0.05) is 66.6 Å². The first kappa shape index (κ1) is 73.4. The number of hydrogen-bond donors (Lipinski definition) is 20. The summed E-state index contributed by atoms with van der Waals surface area (Å²) in [6.45, 7) is 1.49. The van der Waals surface area contributed by atoms with E-state index in [1.54, 1.807) is 19.9 Å². The number of aliphatic hydroxyl groups is 3. The zero-order valence-corrected chi connectivity index (χ0v) is 49.8. The fourth-order valence-electron chi connectivity index (χ4n) is 8.48. The van der Waals surface area contributed by atoms with Crippen LogP contribution in [-0.4, -0.2) is 205 Å². The molecule has 3 rings (SSSR count). The number of unbranched alkanes of at least 4 members (excludes halogenated alkanes) is 1. The lowest BCUT2D eigenvalue weighted by atomic mass is 10.0. The van der Waals surface area contributed by atoms with E-state index in [4.69, 9.17) is 22.9 Å². The number of amides is 10. The number of nitrogens with two attached hydrogens (primary N) is 4. The van der Waals surface area contributed by atoms with Gasteiger partial charge in [0.1, 0.15) is 54.4 Å². The van der Waals surface area contributed by atoms with Crippen LogP contribution in [0.4, 0.5) is 5.69 Å². The van der Waals surface area contributed by atoms with Crippen LogP contribution in [0.2, 0.25) is 0 Å². The van der Waals surface area contributed by atoms with Gasteiger partial charge in [-0.25, -0.2) is 9.97 Å². The predicted octanol–water partition coefficient (Wildman–Crippen LogP) is -6.84. The van der Waals surface area contributed by atoms with Gasteiger partial charge in [-0.15, -0.1) is 0 Å². The van der Waals surface area contributed by atoms with E-state index in [1.165, 1.54) is 50.2 Å². The van der Waals surface area contributed by atoms with Crippen molar-refractivity contribution in [2.45, 2.75) is 133 Å². The van der Waals surface area contributed by atoms with E-state index in [0.29, 0.717) is 25.1 Å². The second-order valence-electron chi connectivity index (χ2n) is 20.6. The second-order valence-corrected chi connectivity index (χ2v) is 21.0. The summed E-state index contributed by atoms with van der Waals surface area (Å²) in [7, 11) is 0. The summed E-state index contributed by atoms with van der Waals surface area (Å²) in [5.41, 5.74) is 22.6. The first-order chi connectivity index (χ1) is 41.8. The molecule has 0 saturated carbocycles. The predicted molar refractivity (Wildman–Crippen MR) is 318 cm³/mol. The minimum atomic E-state index is -1.86. The number of nitro benzene ring substituents is 1. The van der Waals surface area contributed by atoms with Crippen molar-refractivity contribution in [3.63, 3.8) is 0 Å². The molecule has 1 unspecified atom stereocenters. The minimum absolute atomic E-state index is 0.0196. The molecule has 486 valence electrons. The molecule has 0 radical (unpaired) electrons. The lowest BCUT2D eigenvalue weighted by Crippen LogP contribution is -2.61. The summed E-state index contributed by atoms with van der Waals surface area (Å²) < 4.78 is 0. The van der Waals surface area contributed by atoms with Crippen LogP contribution in [0.1, 0.15) is 82.3 Å². The van der Waals surface area contributed by atoms with Gasteiger partial charge in [0.05, 0.1) is 43.9 Å². The molecule has 35 nitrogen and oxygen atoms in total. The molecular weight excluding hydrogens is 1180 g/mol. The molecule has 0 aliphatic carbocycles. The maximum Gasteiger partial charge on any atom is 0.274 e. The summed E-state index contributed by atoms with van der Waals surface area (Å²) in [6, 6.07) is -8.64. The van der Waals surface area contributed by atoms with Crippen molar-refractivity contribution in [1.82, 2.24) is 73.1 Å². The third kappa shape index (κ3) is 25.2. The number of hydrogen-bond acceptors (Lipinski definition) is 21. The van der Waals surface area contributed by atoms with Crippen molar-refractivity contribution < 1.29 is 68.2 Å². The van der Waals surface area contributed by atoms with Gasteiger partial charge in [0.2, 0.25) is 59.1 Å². The van der Waals surface area contributed by atoms with E-state index in [-0.39, 0.29) is 79.6 Å². The lowest BCUT2D eigenvalue weighted by Gasteiger charge is -2.27. The molecule has 0 aliphatic heterocycles. The van der Waals surface area contributed by atoms with Gasteiger partial charge in [-0.05, 0) is 57.9 Å². The number of thiol groups is 1. The summed E-state index contributed by atoms with van der Waals surface area (Å²) in [5, 5.41) is 67.1. The number of primary amides is 1. The number of benzene rings is 1. The number of aliphatic hydroxyl groups excluding tert-OH is 3. The molecule has 2 aromatic heterocycles. The first-order valence-electron chi connectivity index (χ1n) is 28.0. The van der Waals surface area contributed by atoms with Crippen LogP contribution >= 0.6 is 12.6 Å². The minimum Gasteiger partial charge on any atom is -0.394 e. The van der Waals surface area contributed by atoms with Crippen molar-refractivity contribution >= 4 is 83.3 Å². The number of para-hydroxylation sites is 1. The number of aromatic amines is 2. The molecule has 10 amide bonds. The lowest BCUT2D eigenvalue weighted by molar-refractivity contribution is -0.385. The zero-order chi connectivity index (χ0) is 65.5. The van der Waals surface area contributed by atoms with Crippen LogP contribution < -0.4 is 76.1 Å². The van der Waals surface area contributed by atoms with Crippen molar-refractivity contribution in [3.05, 3.63) is 76.4 Å². The Balaban J connectivity index is 1.76. The fourth-order valence-corrected chi connectivity index (χ4v) is 8.81. The van der Waals surface area contributed by atoms with E-state index in [2.05, 4.69) is 90.7 Å². The number of rotatable bonds is 41. The molecule has 23 N–H and O–H groups in total. The zero-order valence-electron chi connectivity index (χ0n) is 48.9. The number of H-pyrrole nitrogens is 2. The van der Waals surface area contributed by atoms with Crippen LogP contribution in [0.25, 0.3) is 0 Å². The molecular formula is C52H82N20O15S. The molecule has 0 fully saturated rings. The topological polar surface area (TPSA) is 569 Å². The van der Waals surface area contributed by atoms with Crippen LogP contribution in [0, 0.1) is 16.0 Å². The van der Waals surface area contributed by atoms with Gasteiger partial charge in [-0.3, -0.25) is 63.1 Å². The highest BCUT2D eigenvalue weighted by molar-refractivity contribution is 7.80. The number of nitro groups is 1. The van der Waals surface area contributed by atoms with Crippen LogP contribution in [0.15, 0.2) is 54.3 Å². The van der Waals surface area contributed by atoms with Crippen LogP contribution in [0.5, 0.6) is 0 Å². The van der Waals surface area contributed by atoms with E-state index >= 15 is 0 Å². The Labute approximate surface area is 511 Å². The largest absolute Gasteiger partial charge is 0.394 e. The number of aliphatic imine (C=N–C) groups is 1. The molecule has 0 aliphatic rings. The van der Waals surface area contributed by atoms with E-state index < -0.39 is 151 Å². The van der Waals surface area contributed by atoms with Gasteiger partial charge >= 0.3 is 0 Å². The van der Waals surface area contributed by atoms with Gasteiger partial charge in [-0.2, -0.15) is 12.6 Å². The Morgan fingerprint density at radius 1 is 0.614 bits per heavy atom. The highest BCUT2D eigenvalue weighted by Crippen LogP contribution is 2.25. The van der Waals surface area contributed by atoms with Crippen molar-refractivity contribution in [3.8, 4) is 0 Å². The Morgan fingerprint density at radius 2 is 1.07 bits per heavy atom. The summed E-state index contributed by atoms with van der Waals surface area (Å²) in [5.74, 6) is -10.1. The molecule has 0 saturated heterocycles. The Hall–Kier alpha value is -8.84. The summed E-state index contributed by atoms with van der Waals surface area (Å²) >= 11 is 4.24. The first-order valence-corrected chi connectivity index (χ1v) is 28.6. The maximum absolute atomic E-state index is 14.0. The number of imidazole rings is 2. The van der Waals surface area contributed by atoms with Gasteiger partial charge in [0.25, 0.3) is 5.69 Å². The number of carbonyl (C=O) groups excluding carboxylic acids is 10. The monoisotopic (exact) mass is 1260 g/mol. The average molecular weight is 1260 g/mol. The van der Waals surface area contributed by atoms with Crippen molar-refractivity contribution in [2.75, 3.05) is 45.2 Å². The summed E-state index contributed by atoms with van der Waals surface area (Å²) in [6.07, 6.45) is 5.89. The van der Waals surface area contributed by atoms with Crippen molar-refractivity contribution in [1.29, 1.82) is 0 Å². The number of guanidine groups is 1. The number of nitrogens with one attached hydrogen (secondary N) is 12. The molecule has 3 aromatic rings. The van der Waals surface area contributed by atoms with Crippen molar-refractivity contribution in [2.24, 2.45) is 33.8 Å². The molecule has 1 aromatic carbocycles. The highest BCUT2D eigenvalue weighted by atomic mass is 32.1. The number of aromatic nitrogens is 4. The normalized spacial score (nSPS) is 14.5. The molecule has 2 heterocycles. The molecule has 0 bridgehead atoms. The third-order valence-electron chi connectivity index (χ3n) is 13.2. The molecule has 88 heavy (non-hydrogen) atoms. The average Bonchev–Trinajstić information content (AvgIpc) is 3.44. The second kappa shape index (κ2) is 38.3. The maximum atomic E-state index is 14.0. The van der Waals surface area contributed by atoms with Gasteiger partial charge in [-0.1, -0.05) is 32.0 Å². The molecule has 0 spiro atoms. The van der Waals surface area contributed by atoms with Gasteiger partial charge in [0.15, 0.2) is 5.96 Å². The third-order valence-corrected chi connectivity index (χ3v) is 13.5. The number of nitrogens with zero attached hydrogens (tertiary/aromatic N) is 4. The Morgan fingerprint density at radius 3 is 1.55 bits per heavy atom. The van der Waals surface area contributed by atoms with E-state index in [9.17, 15) is 73.4 Å². The van der Waals surface area contributed by atoms with E-state index in [0.717, 1.165) is 0 Å². The van der Waals surface area contributed by atoms with Gasteiger partial charge < -0.3 is 101 Å². The standard InChI is InChI=1S/C52H82N20O15S/c1-27(2)15-34(46(80)65-32(43(54)77)10-6-7-13-53)68-47(81)36(17-30-19-58-26-62-30)69-50(84)38(22-74)71-51(85)39(23-75)70-48(82)35(16-29-18-57-25-61-29)67-44(78)28(3)63-45(79)33(11-8-14-59-52(55)56)66-49(83)37(21-73)64-42(76)20-60-40(24-88)31-9-4-5-12-41(31)72(86)87/h4-5,9,12,18-19,25-28,32-40,60,73-75,88H,6-8,10-11,13-17,20-24,53H2,1-3H3,(H2,54,77)(H,57,61)(H,58,62)(H,63,79)(H,64,76)(H,65,80)(H,66,83)(H,67,78)(H,68,81)(H,69,84)(H,70,82)(H,71,85)(H4,55,56,59)/t28-,32-,33-,34-,35-,36-,37-,38-,39-,40?/m0/s1. The smallest absolute Gasteiger partial charge is 0.274 e. The van der Waals surface area contributed by atoms with Crippen LogP contribution in [-0.2, 0) is 60.8 Å².